The number of carbonyl (C=O) groups is 3. The zero-order chi connectivity index (χ0) is 20.8. The van der Waals surface area contributed by atoms with Crippen LogP contribution in [0.15, 0.2) is 54.6 Å². The summed E-state index contributed by atoms with van der Waals surface area (Å²) >= 11 is 0. The Bertz CT molecular complexity index is 870. The van der Waals surface area contributed by atoms with Crippen molar-refractivity contribution in [3.63, 3.8) is 0 Å². The highest BCUT2D eigenvalue weighted by Gasteiger charge is 2.38. The summed E-state index contributed by atoms with van der Waals surface area (Å²) in [4.78, 5) is 38.2. The van der Waals surface area contributed by atoms with Crippen LogP contribution in [0.4, 0.5) is 4.39 Å². The fourth-order valence-corrected chi connectivity index (χ4v) is 3.28. The highest BCUT2D eigenvalue weighted by Crippen LogP contribution is 2.28. The number of halogens is 1. The van der Waals surface area contributed by atoms with Crippen molar-refractivity contribution in [3.05, 3.63) is 71.5 Å². The molecule has 3 rings (SSSR count). The highest BCUT2D eigenvalue weighted by atomic mass is 19.1. The summed E-state index contributed by atoms with van der Waals surface area (Å²) in [5.41, 5.74) is 1.73. The second-order valence-electron chi connectivity index (χ2n) is 7.04. The first-order valence-electron chi connectivity index (χ1n) is 9.46. The fraction of sp³-hybridized carbons (Fsp3) is 0.318. The molecule has 29 heavy (non-hydrogen) atoms. The van der Waals surface area contributed by atoms with Gasteiger partial charge in [0.2, 0.25) is 5.91 Å². The zero-order valence-corrected chi connectivity index (χ0v) is 16.1. The van der Waals surface area contributed by atoms with Gasteiger partial charge in [-0.25, -0.2) is 4.39 Å². The number of nitrogens with zero attached hydrogens (tertiary/aromatic N) is 1. The zero-order valence-electron chi connectivity index (χ0n) is 16.1. The van der Waals surface area contributed by atoms with Gasteiger partial charge in [0.1, 0.15) is 5.82 Å². The molecule has 0 aromatic heterocycles. The molecule has 2 amide bonds. The van der Waals surface area contributed by atoms with Crippen LogP contribution in [-0.2, 0) is 25.7 Å². The minimum absolute atomic E-state index is 0.0766. The Kier molecular flexibility index (Phi) is 6.59. The van der Waals surface area contributed by atoms with Gasteiger partial charge in [-0.3, -0.25) is 14.4 Å². The van der Waals surface area contributed by atoms with Crippen molar-refractivity contribution in [1.29, 1.82) is 0 Å². The van der Waals surface area contributed by atoms with Gasteiger partial charge in [-0.05, 0) is 30.2 Å². The molecule has 0 unspecified atom stereocenters. The molecule has 2 aromatic rings. The van der Waals surface area contributed by atoms with Gasteiger partial charge in [-0.2, -0.15) is 0 Å². The number of likely N-dealkylation sites (tertiary alicyclic amines) is 1. The molecule has 152 valence electrons. The summed E-state index contributed by atoms with van der Waals surface area (Å²) in [7, 11) is 0. The highest BCUT2D eigenvalue weighted by molar-refractivity contribution is 5.88. The van der Waals surface area contributed by atoms with Crippen molar-refractivity contribution in [2.24, 2.45) is 5.92 Å². The first-order chi connectivity index (χ1) is 13.9. The van der Waals surface area contributed by atoms with Gasteiger partial charge in [0, 0.05) is 19.5 Å². The molecular weight excluding hydrogens is 375 g/mol. The summed E-state index contributed by atoms with van der Waals surface area (Å²) in [6.45, 7) is 1.98. The predicted octanol–water partition coefficient (Wildman–Crippen LogP) is 2.59. The number of hydrogen-bond donors (Lipinski definition) is 1. The van der Waals surface area contributed by atoms with E-state index in [0.717, 1.165) is 11.1 Å². The number of nitrogens with one attached hydrogen (secondary N) is 1. The lowest BCUT2D eigenvalue weighted by atomic mass is 10.1. The van der Waals surface area contributed by atoms with E-state index in [1.165, 1.54) is 12.1 Å². The van der Waals surface area contributed by atoms with E-state index < -0.39 is 24.4 Å². The van der Waals surface area contributed by atoms with Crippen LogP contribution in [0.5, 0.6) is 0 Å². The third-order valence-electron chi connectivity index (χ3n) is 4.99. The lowest BCUT2D eigenvalue weighted by molar-refractivity contribution is -0.152. The van der Waals surface area contributed by atoms with Crippen LogP contribution >= 0.6 is 0 Å². The van der Waals surface area contributed by atoms with Gasteiger partial charge in [0.05, 0.1) is 12.0 Å². The van der Waals surface area contributed by atoms with Crippen LogP contribution in [0.2, 0.25) is 0 Å². The average molecular weight is 398 g/mol. The first-order valence-corrected chi connectivity index (χ1v) is 9.46. The summed E-state index contributed by atoms with van der Waals surface area (Å²) in [6.07, 6.45) is 0.0766. The van der Waals surface area contributed by atoms with Crippen molar-refractivity contribution < 1.29 is 23.5 Å². The number of ether oxygens (including phenoxy) is 1. The number of benzene rings is 2. The molecule has 7 heteroatoms. The van der Waals surface area contributed by atoms with Crippen molar-refractivity contribution in [3.8, 4) is 0 Å². The number of amides is 2. The first kappa shape index (κ1) is 20.5. The quantitative estimate of drug-likeness (QED) is 0.728. The summed E-state index contributed by atoms with van der Waals surface area (Å²) in [5, 5.41) is 2.61. The maximum atomic E-state index is 12.9. The number of hydrogen-bond acceptors (Lipinski definition) is 4. The van der Waals surface area contributed by atoms with Gasteiger partial charge in [-0.1, -0.05) is 42.5 Å². The van der Waals surface area contributed by atoms with Crippen molar-refractivity contribution in [2.75, 3.05) is 13.2 Å². The topological polar surface area (TPSA) is 75.7 Å². The van der Waals surface area contributed by atoms with Crippen LogP contribution in [0.1, 0.15) is 30.5 Å². The lowest BCUT2D eigenvalue weighted by Crippen LogP contribution is -2.32. The Morgan fingerprint density at radius 2 is 1.86 bits per heavy atom. The molecule has 0 spiro atoms. The predicted molar refractivity (Wildman–Crippen MR) is 104 cm³/mol. The number of carbonyl (C=O) groups excluding carboxylic acids is 3. The minimum atomic E-state index is -0.585. The molecule has 0 saturated carbocycles. The second kappa shape index (κ2) is 9.32. The van der Waals surface area contributed by atoms with Crippen LogP contribution in [0, 0.1) is 11.7 Å². The van der Waals surface area contributed by atoms with Gasteiger partial charge < -0.3 is 15.0 Å². The standard InChI is InChI=1S/C22H23FN2O4/c1-15(17-5-3-2-4-6-17)25-13-18(11-21(25)27)22(28)29-14-20(26)24-12-16-7-9-19(23)10-8-16/h2-10,15,18H,11-14H2,1H3,(H,24,26)/t15-,18+/m1/s1. The molecule has 1 saturated heterocycles. The summed E-state index contributed by atoms with van der Waals surface area (Å²) < 4.78 is 18.0. The molecule has 0 aliphatic carbocycles. The number of rotatable bonds is 7. The average Bonchev–Trinajstić information content (AvgIpc) is 3.13. The van der Waals surface area contributed by atoms with Gasteiger partial charge in [0.25, 0.3) is 5.91 Å². The molecule has 0 radical (unpaired) electrons. The Morgan fingerprint density at radius 1 is 1.17 bits per heavy atom. The smallest absolute Gasteiger partial charge is 0.311 e. The van der Waals surface area contributed by atoms with E-state index in [4.69, 9.17) is 4.74 Å². The van der Waals surface area contributed by atoms with Gasteiger partial charge >= 0.3 is 5.97 Å². The minimum Gasteiger partial charge on any atom is -0.455 e. The molecule has 1 aliphatic heterocycles. The normalized spacial score (nSPS) is 17.1. The van der Waals surface area contributed by atoms with Gasteiger partial charge in [0.15, 0.2) is 6.61 Å². The van der Waals surface area contributed by atoms with E-state index in [2.05, 4.69) is 5.32 Å². The molecule has 1 aliphatic rings. The maximum absolute atomic E-state index is 12.9. The molecule has 2 aromatic carbocycles. The van der Waals surface area contributed by atoms with Crippen LogP contribution in [-0.4, -0.2) is 35.8 Å². The third kappa shape index (κ3) is 5.40. The monoisotopic (exact) mass is 398 g/mol. The largest absolute Gasteiger partial charge is 0.455 e. The van der Waals surface area contributed by atoms with E-state index >= 15 is 0 Å². The van der Waals surface area contributed by atoms with Crippen LogP contribution in [0.3, 0.4) is 0 Å². The Balaban J connectivity index is 1.45. The van der Waals surface area contributed by atoms with Crippen molar-refractivity contribution >= 4 is 17.8 Å². The van der Waals surface area contributed by atoms with Crippen molar-refractivity contribution in [1.82, 2.24) is 10.2 Å². The lowest BCUT2D eigenvalue weighted by Gasteiger charge is -2.25. The summed E-state index contributed by atoms with van der Waals surface area (Å²) in [5.74, 6) is -2.06. The van der Waals surface area contributed by atoms with E-state index in [1.54, 1.807) is 17.0 Å². The van der Waals surface area contributed by atoms with E-state index in [9.17, 15) is 18.8 Å². The SMILES string of the molecule is C[C@H](c1ccccc1)N1C[C@@H](C(=O)OCC(=O)NCc2ccc(F)cc2)CC1=O. The molecule has 0 bridgehead atoms. The van der Waals surface area contributed by atoms with E-state index in [1.807, 2.05) is 37.3 Å². The molecular formula is C22H23FN2O4. The summed E-state index contributed by atoms with van der Waals surface area (Å²) in [6, 6.07) is 15.2. The fourth-order valence-electron chi connectivity index (χ4n) is 3.28. The van der Waals surface area contributed by atoms with Crippen LogP contribution in [0.25, 0.3) is 0 Å². The third-order valence-corrected chi connectivity index (χ3v) is 4.99. The molecule has 1 fully saturated rings. The molecule has 1 N–H and O–H groups in total. The van der Waals surface area contributed by atoms with E-state index in [0.29, 0.717) is 0 Å². The van der Waals surface area contributed by atoms with E-state index in [-0.39, 0.29) is 37.3 Å². The maximum Gasteiger partial charge on any atom is 0.311 e. The van der Waals surface area contributed by atoms with Crippen LogP contribution < -0.4 is 5.32 Å². The Labute approximate surface area is 168 Å². The molecule has 2 atom stereocenters. The number of esters is 1. The molecule has 6 nitrogen and oxygen atoms in total. The molecule has 1 heterocycles. The second-order valence-corrected chi connectivity index (χ2v) is 7.04. The Morgan fingerprint density at radius 3 is 2.55 bits per heavy atom. The van der Waals surface area contributed by atoms with Gasteiger partial charge in [-0.15, -0.1) is 0 Å². The van der Waals surface area contributed by atoms with Crippen molar-refractivity contribution in [2.45, 2.75) is 25.9 Å². The Hall–Kier alpha value is -3.22.